The normalized spacial score (nSPS) is 12.3. The molecule has 2 aliphatic rings. The highest BCUT2D eigenvalue weighted by Gasteiger charge is 2.22. The van der Waals surface area contributed by atoms with Crippen molar-refractivity contribution in [3.63, 3.8) is 0 Å². The summed E-state index contributed by atoms with van der Waals surface area (Å²) in [4.78, 5) is 22.2. The van der Waals surface area contributed by atoms with Gasteiger partial charge in [-0.3, -0.25) is 4.79 Å². The van der Waals surface area contributed by atoms with Gasteiger partial charge >= 0.3 is 5.97 Å². The van der Waals surface area contributed by atoms with Crippen molar-refractivity contribution >= 4 is 11.9 Å². The van der Waals surface area contributed by atoms with Crippen LogP contribution >= 0.6 is 0 Å². The maximum absolute atomic E-state index is 11.2. The van der Waals surface area contributed by atoms with Crippen molar-refractivity contribution in [1.29, 1.82) is 0 Å². The van der Waals surface area contributed by atoms with E-state index in [-0.39, 0.29) is 12.3 Å². The number of hydrogen-bond acceptors (Lipinski definition) is 3. The summed E-state index contributed by atoms with van der Waals surface area (Å²) in [5.74, 6) is 0.223. The van der Waals surface area contributed by atoms with Crippen LogP contribution in [0.3, 0.4) is 0 Å². The second kappa shape index (κ2) is 5.77. The molecule has 2 N–H and O–H groups in total. The number of aliphatic carboxylic acids is 1. The SMILES string of the molecule is CCc1ccc2c(CC(NC(C)=O)C(=O)O)ccc-2o1. The van der Waals surface area contributed by atoms with E-state index in [0.29, 0.717) is 0 Å². The lowest BCUT2D eigenvalue weighted by Gasteiger charge is -2.13. The molecule has 2 rings (SSSR count). The van der Waals surface area contributed by atoms with Crippen LogP contribution in [0.5, 0.6) is 0 Å². The molecule has 0 aromatic carbocycles. The van der Waals surface area contributed by atoms with Gasteiger partial charge < -0.3 is 14.8 Å². The molecule has 5 heteroatoms. The fourth-order valence-electron chi connectivity index (χ4n) is 2.18. The molecule has 0 bridgehead atoms. The highest BCUT2D eigenvalue weighted by molar-refractivity contribution is 5.82. The van der Waals surface area contributed by atoms with Crippen molar-refractivity contribution in [2.45, 2.75) is 32.7 Å². The second-order valence-corrected chi connectivity index (χ2v) is 4.69. The molecule has 1 atom stereocenters. The highest BCUT2D eigenvalue weighted by Crippen LogP contribution is 2.30. The molecule has 0 spiro atoms. The van der Waals surface area contributed by atoms with Crippen LogP contribution in [0.15, 0.2) is 28.7 Å². The predicted molar refractivity (Wildman–Crippen MR) is 73.7 cm³/mol. The molecule has 0 fully saturated rings. The first-order chi connectivity index (χ1) is 9.51. The lowest BCUT2D eigenvalue weighted by molar-refractivity contribution is -0.141. The zero-order valence-electron chi connectivity index (χ0n) is 11.5. The Morgan fingerprint density at radius 1 is 1.30 bits per heavy atom. The van der Waals surface area contributed by atoms with Crippen LogP contribution in [0.4, 0.5) is 0 Å². The van der Waals surface area contributed by atoms with E-state index in [1.807, 2.05) is 31.2 Å². The summed E-state index contributed by atoms with van der Waals surface area (Å²) < 4.78 is 5.68. The number of fused-ring (bicyclic) bond motifs is 1. The van der Waals surface area contributed by atoms with E-state index in [9.17, 15) is 9.59 Å². The number of rotatable bonds is 5. The van der Waals surface area contributed by atoms with Crippen molar-refractivity contribution in [2.75, 3.05) is 0 Å². The summed E-state index contributed by atoms with van der Waals surface area (Å²) in [6.45, 7) is 3.31. The summed E-state index contributed by atoms with van der Waals surface area (Å²) >= 11 is 0. The average Bonchev–Trinajstić information content (AvgIpc) is 2.79. The van der Waals surface area contributed by atoms with Gasteiger partial charge in [0.05, 0.1) is 0 Å². The highest BCUT2D eigenvalue weighted by atomic mass is 16.4. The van der Waals surface area contributed by atoms with Crippen molar-refractivity contribution in [3.8, 4) is 11.3 Å². The first-order valence-electron chi connectivity index (χ1n) is 6.51. The van der Waals surface area contributed by atoms with E-state index < -0.39 is 12.0 Å². The van der Waals surface area contributed by atoms with Crippen LogP contribution in [-0.4, -0.2) is 23.0 Å². The van der Waals surface area contributed by atoms with Gasteiger partial charge in [0.25, 0.3) is 0 Å². The minimum Gasteiger partial charge on any atom is -0.480 e. The monoisotopic (exact) mass is 275 g/mol. The first-order valence-corrected chi connectivity index (χ1v) is 6.51. The molecule has 1 amide bonds. The maximum atomic E-state index is 11.2. The third kappa shape index (κ3) is 2.99. The van der Waals surface area contributed by atoms with Crippen molar-refractivity contribution in [3.05, 3.63) is 35.6 Å². The molecule has 0 aromatic rings. The molecule has 0 aromatic heterocycles. The predicted octanol–water partition coefficient (Wildman–Crippen LogP) is 2.08. The number of carbonyl (C=O) groups is 2. The van der Waals surface area contributed by atoms with Gasteiger partial charge in [-0.2, -0.15) is 0 Å². The zero-order valence-corrected chi connectivity index (χ0v) is 11.5. The fraction of sp³-hybridized carbons (Fsp3) is 0.333. The smallest absolute Gasteiger partial charge is 0.326 e. The Bertz CT molecular complexity index is 602. The Kier molecular flexibility index (Phi) is 4.08. The Hall–Kier alpha value is -2.30. The van der Waals surface area contributed by atoms with Gasteiger partial charge in [-0.25, -0.2) is 4.79 Å². The summed E-state index contributed by atoms with van der Waals surface area (Å²) in [6, 6.07) is 6.56. The number of aryl methyl sites for hydroxylation is 1. The van der Waals surface area contributed by atoms with Gasteiger partial charge in [0.15, 0.2) is 0 Å². The van der Waals surface area contributed by atoms with E-state index in [1.54, 1.807) is 0 Å². The molecular weight excluding hydrogens is 258 g/mol. The molecule has 1 aliphatic heterocycles. The average molecular weight is 275 g/mol. The summed E-state index contributed by atoms with van der Waals surface area (Å²) in [7, 11) is 0. The molecule has 1 aliphatic carbocycles. The molecular formula is C15H17NO4. The van der Waals surface area contributed by atoms with Gasteiger partial charge in [-0.15, -0.1) is 0 Å². The van der Waals surface area contributed by atoms with E-state index in [0.717, 1.165) is 29.1 Å². The van der Waals surface area contributed by atoms with Crippen molar-refractivity contribution in [1.82, 2.24) is 5.32 Å². The number of amides is 1. The van der Waals surface area contributed by atoms with E-state index in [2.05, 4.69) is 5.32 Å². The van der Waals surface area contributed by atoms with E-state index in [4.69, 9.17) is 9.52 Å². The van der Waals surface area contributed by atoms with Crippen LogP contribution in [0, 0.1) is 0 Å². The minimum atomic E-state index is -1.04. The molecule has 0 radical (unpaired) electrons. The van der Waals surface area contributed by atoms with E-state index >= 15 is 0 Å². The topological polar surface area (TPSA) is 79.5 Å². The lowest BCUT2D eigenvalue weighted by atomic mass is 10.0. The van der Waals surface area contributed by atoms with Gasteiger partial charge in [-0.05, 0) is 23.8 Å². The van der Waals surface area contributed by atoms with Gasteiger partial charge in [0.1, 0.15) is 17.6 Å². The zero-order chi connectivity index (χ0) is 14.7. The standard InChI is InChI=1S/C15H17NO4/c1-3-11-5-6-12-10(4-7-14(12)20-11)8-13(15(18)19)16-9(2)17/h4-7,13H,3,8H2,1-2H3,(H,16,17)(H,18,19). The molecule has 5 nitrogen and oxygen atoms in total. The lowest BCUT2D eigenvalue weighted by Crippen LogP contribution is -2.41. The maximum Gasteiger partial charge on any atom is 0.326 e. The fourth-order valence-corrected chi connectivity index (χ4v) is 2.18. The quantitative estimate of drug-likeness (QED) is 0.875. The number of carboxylic acid groups (broad SMARTS) is 1. The number of nitrogens with one attached hydrogen (secondary N) is 1. The molecule has 0 saturated carbocycles. The van der Waals surface area contributed by atoms with Gasteiger partial charge in [0, 0.05) is 25.3 Å². The Balaban J connectivity index is 2.24. The van der Waals surface area contributed by atoms with Crippen molar-refractivity contribution < 1.29 is 19.1 Å². The van der Waals surface area contributed by atoms with Crippen LogP contribution < -0.4 is 5.32 Å². The first kappa shape index (κ1) is 14.1. The van der Waals surface area contributed by atoms with Gasteiger partial charge in [-0.1, -0.05) is 13.0 Å². The van der Waals surface area contributed by atoms with Gasteiger partial charge in [0.2, 0.25) is 5.91 Å². The number of carbonyl (C=O) groups excluding carboxylic acids is 1. The third-order valence-electron chi connectivity index (χ3n) is 3.17. The molecule has 106 valence electrons. The van der Waals surface area contributed by atoms with E-state index in [1.165, 1.54) is 6.92 Å². The van der Waals surface area contributed by atoms with Crippen LogP contribution in [-0.2, 0) is 22.4 Å². The Labute approximate surface area is 116 Å². The van der Waals surface area contributed by atoms with Crippen LogP contribution in [0.1, 0.15) is 25.2 Å². The summed E-state index contributed by atoms with van der Waals surface area (Å²) in [5.41, 5.74) is 1.74. The molecule has 1 unspecified atom stereocenters. The Morgan fingerprint density at radius 2 is 2.05 bits per heavy atom. The summed E-state index contributed by atoms with van der Waals surface area (Å²) in [5, 5.41) is 11.6. The number of carboxylic acids is 1. The molecule has 20 heavy (non-hydrogen) atoms. The minimum absolute atomic E-state index is 0.236. The largest absolute Gasteiger partial charge is 0.480 e. The number of hydrogen-bond donors (Lipinski definition) is 2. The molecule has 1 heterocycles. The molecule has 0 saturated heterocycles. The van der Waals surface area contributed by atoms with Crippen LogP contribution in [0.2, 0.25) is 0 Å². The Morgan fingerprint density at radius 3 is 2.65 bits per heavy atom. The van der Waals surface area contributed by atoms with Crippen LogP contribution in [0.25, 0.3) is 11.3 Å². The summed E-state index contributed by atoms with van der Waals surface area (Å²) in [6.07, 6.45) is 1.04. The second-order valence-electron chi connectivity index (χ2n) is 4.69. The van der Waals surface area contributed by atoms with Crippen molar-refractivity contribution in [2.24, 2.45) is 0 Å². The third-order valence-corrected chi connectivity index (χ3v) is 3.17.